The Morgan fingerprint density at radius 2 is 1.60 bits per heavy atom. The summed E-state index contributed by atoms with van der Waals surface area (Å²) in [4.78, 5) is 16.0. The van der Waals surface area contributed by atoms with E-state index in [-0.39, 0.29) is 4.90 Å². The Morgan fingerprint density at radius 1 is 1.04 bits per heavy atom. The van der Waals surface area contributed by atoms with E-state index < -0.39 is 28.6 Å². The molecule has 0 bridgehead atoms. The molecule has 2 aromatic carbocycles. The second-order valence-corrected chi connectivity index (χ2v) is 7.23. The number of hydroxylamine groups is 1. The van der Waals surface area contributed by atoms with Crippen molar-refractivity contribution >= 4 is 16.0 Å². The number of nitrogens with zero attached hydrogens (tertiary/aromatic N) is 1. The number of aliphatic carboxylic acids is 1. The molecule has 0 aliphatic rings. The van der Waals surface area contributed by atoms with E-state index in [1.54, 1.807) is 26.0 Å². The van der Waals surface area contributed by atoms with Gasteiger partial charge in [0.2, 0.25) is 0 Å². The predicted octanol–water partition coefficient (Wildman–Crippen LogP) is 2.89. The first kappa shape index (κ1) is 18.9. The second-order valence-electron chi connectivity index (χ2n) is 5.40. The van der Waals surface area contributed by atoms with Crippen LogP contribution >= 0.6 is 0 Å². The van der Waals surface area contributed by atoms with Gasteiger partial charge in [0.1, 0.15) is 18.0 Å². The van der Waals surface area contributed by atoms with E-state index in [2.05, 4.69) is 0 Å². The summed E-state index contributed by atoms with van der Waals surface area (Å²) in [6.45, 7) is 2.44. The Kier molecular flexibility index (Phi) is 6.13. The molecule has 0 atom stereocenters. The lowest BCUT2D eigenvalue weighted by molar-refractivity contribution is -0.156. The number of carboxylic acid groups (broad SMARTS) is 1. The highest BCUT2D eigenvalue weighted by Gasteiger charge is 2.28. The third-order valence-electron chi connectivity index (χ3n) is 2.96. The van der Waals surface area contributed by atoms with Crippen LogP contribution in [0.5, 0.6) is 11.5 Å². The van der Waals surface area contributed by atoms with E-state index in [4.69, 9.17) is 14.7 Å². The zero-order valence-corrected chi connectivity index (χ0v) is 14.6. The van der Waals surface area contributed by atoms with E-state index in [0.29, 0.717) is 16.0 Å². The first-order valence-corrected chi connectivity index (χ1v) is 8.97. The fourth-order valence-electron chi connectivity index (χ4n) is 1.95. The number of hydrogen-bond acceptors (Lipinski definition) is 5. The Morgan fingerprint density at radius 3 is 2.12 bits per heavy atom. The van der Waals surface area contributed by atoms with Crippen molar-refractivity contribution in [3.8, 4) is 11.5 Å². The third-order valence-corrected chi connectivity index (χ3v) is 4.58. The smallest absolute Gasteiger partial charge is 0.321 e. The van der Waals surface area contributed by atoms with Gasteiger partial charge in [-0.1, -0.05) is 22.7 Å². The predicted molar refractivity (Wildman–Crippen MR) is 90.7 cm³/mol. The van der Waals surface area contributed by atoms with Crippen LogP contribution in [0.15, 0.2) is 59.5 Å². The fraction of sp³-hybridized carbons (Fsp3) is 0.235. The second kappa shape index (κ2) is 8.11. The fourth-order valence-corrected chi connectivity index (χ4v) is 3.23. The quantitative estimate of drug-likeness (QED) is 0.723. The highest BCUT2D eigenvalue weighted by atomic mass is 32.2. The maximum absolute atomic E-state index is 12.6. The monoisotopic (exact) mass is 365 g/mol. The molecular weight excluding hydrogens is 346 g/mol. The maximum Gasteiger partial charge on any atom is 0.321 e. The number of para-hydroxylation sites is 1. The van der Waals surface area contributed by atoms with E-state index in [1.165, 1.54) is 24.3 Å². The van der Waals surface area contributed by atoms with Gasteiger partial charge in [-0.3, -0.25) is 9.63 Å². The molecule has 7 nitrogen and oxygen atoms in total. The number of rotatable bonds is 8. The van der Waals surface area contributed by atoms with Crippen LogP contribution in [0.25, 0.3) is 0 Å². The van der Waals surface area contributed by atoms with E-state index in [1.807, 2.05) is 18.2 Å². The summed E-state index contributed by atoms with van der Waals surface area (Å²) >= 11 is 0. The first-order valence-electron chi connectivity index (χ1n) is 7.53. The van der Waals surface area contributed by atoms with Crippen molar-refractivity contribution in [2.75, 3.05) is 6.54 Å². The summed E-state index contributed by atoms with van der Waals surface area (Å²) in [5.41, 5.74) is 0. The molecule has 0 radical (unpaired) electrons. The number of sulfonamides is 1. The van der Waals surface area contributed by atoms with Gasteiger partial charge in [-0.2, -0.15) is 0 Å². The Labute approximate surface area is 146 Å². The average Bonchev–Trinajstić information content (AvgIpc) is 2.55. The Hall–Kier alpha value is -2.42. The lowest BCUT2D eigenvalue weighted by Gasteiger charge is -2.22. The summed E-state index contributed by atoms with van der Waals surface area (Å²) in [5, 5.41) is 8.91. The standard InChI is InChI=1S/C17H19NO6S/c1-13(2)24-18(12-17(19)20)25(21,22)16-10-8-15(9-11-16)23-14-6-4-3-5-7-14/h3-11,13H,12H2,1-2H3,(H,19,20). The van der Waals surface area contributed by atoms with Crippen molar-refractivity contribution in [1.29, 1.82) is 0 Å². The molecule has 0 saturated carbocycles. The summed E-state index contributed by atoms with van der Waals surface area (Å²) in [5.74, 6) is -0.235. The zero-order valence-electron chi connectivity index (χ0n) is 13.8. The number of ether oxygens (including phenoxy) is 1. The van der Waals surface area contributed by atoms with E-state index >= 15 is 0 Å². The van der Waals surface area contributed by atoms with E-state index in [9.17, 15) is 13.2 Å². The molecule has 25 heavy (non-hydrogen) atoms. The molecule has 0 fully saturated rings. The van der Waals surface area contributed by atoms with Crippen LogP contribution in [0.2, 0.25) is 0 Å². The van der Waals surface area contributed by atoms with Gasteiger partial charge in [-0.15, -0.1) is 0 Å². The zero-order chi connectivity index (χ0) is 18.4. The Balaban J connectivity index is 2.21. The number of carbonyl (C=O) groups is 1. The van der Waals surface area contributed by atoms with Crippen molar-refractivity contribution in [3.63, 3.8) is 0 Å². The topological polar surface area (TPSA) is 93.1 Å². The highest BCUT2D eigenvalue weighted by molar-refractivity contribution is 7.89. The SMILES string of the molecule is CC(C)ON(CC(=O)O)S(=O)(=O)c1ccc(Oc2ccccc2)cc1. The average molecular weight is 365 g/mol. The largest absolute Gasteiger partial charge is 0.480 e. The van der Waals surface area contributed by atoms with Gasteiger partial charge in [0.15, 0.2) is 0 Å². The molecule has 2 rings (SSSR count). The van der Waals surface area contributed by atoms with Gasteiger partial charge in [-0.05, 0) is 50.2 Å². The molecule has 8 heteroatoms. The van der Waals surface area contributed by atoms with Crippen LogP contribution in [0.4, 0.5) is 0 Å². The summed E-state index contributed by atoms with van der Waals surface area (Å²) in [7, 11) is -4.11. The first-order chi connectivity index (χ1) is 11.8. The van der Waals surface area contributed by atoms with Crippen molar-refractivity contribution in [1.82, 2.24) is 4.47 Å². The molecule has 2 aromatic rings. The molecule has 0 amide bonds. The number of carboxylic acids is 1. The van der Waals surface area contributed by atoms with Gasteiger partial charge >= 0.3 is 5.97 Å². The summed E-state index contributed by atoms with van der Waals surface area (Å²) in [6, 6.07) is 14.7. The minimum Gasteiger partial charge on any atom is -0.480 e. The molecule has 0 saturated heterocycles. The summed E-state index contributed by atoms with van der Waals surface area (Å²) in [6.07, 6.45) is -0.491. The molecule has 0 aliphatic carbocycles. The van der Waals surface area contributed by atoms with Crippen LogP contribution in [0, 0.1) is 0 Å². The van der Waals surface area contributed by atoms with Gasteiger partial charge in [-0.25, -0.2) is 8.42 Å². The van der Waals surface area contributed by atoms with Crippen LogP contribution in [0.3, 0.4) is 0 Å². The molecule has 1 N–H and O–H groups in total. The maximum atomic E-state index is 12.6. The van der Waals surface area contributed by atoms with Crippen molar-refractivity contribution in [3.05, 3.63) is 54.6 Å². The molecule has 0 heterocycles. The van der Waals surface area contributed by atoms with Crippen LogP contribution < -0.4 is 4.74 Å². The Bertz CT molecular complexity index is 803. The lowest BCUT2D eigenvalue weighted by Crippen LogP contribution is -2.37. The molecule has 134 valence electrons. The van der Waals surface area contributed by atoms with Gasteiger partial charge in [0.25, 0.3) is 10.0 Å². The van der Waals surface area contributed by atoms with Crippen LogP contribution in [0.1, 0.15) is 13.8 Å². The summed E-state index contributed by atoms with van der Waals surface area (Å²) < 4.78 is 31.2. The highest BCUT2D eigenvalue weighted by Crippen LogP contribution is 2.24. The van der Waals surface area contributed by atoms with Gasteiger partial charge in [0.05, 0.1) is 11.0 Å². The van der Waals surface area contributed by atoms with Crippen molar-refractivity contribution in [2.24, 2.45) is 0 Å². The lowest BCUT2D eigenvalue weighted by atomic mass is 10.3. The molecule has 0 aromatic heterocycles. The third kappa shape index (κ3) is 5.28. The molecular formula is C17H19NO6S. The van der Waals surface area contributed by atoms with Crippen molar-refractivity contribution < 1.29 is 27.9 Å². The van der Waals surface area contributed by atoms with Gasteiger partial charge < -0.3 is 9.84 Å². The minimum atomic E-state index is -4.11. The van der Waals surface area contributed by atoms with Crippen LogP contribution in [-0.4, -0.2) is 36.6 Å². The van der Waals surface area contributed by atoms with Gasteiger partial charge in [0, 0.05) is 0 Å². The number of hydrogen-bond donors (Lipinski definition) is 1. The molecule has 0 unspecified atom stereocenters. The molecule has 0 spiro atoms. The molecule has 0 aliphatic heterocycles. The normalized spacial score (nSPS) is 11.7. The van der Waals surface area contributed by atoms with Crippen LogP contribution in [-0.2, 0) is 19.7 Å². The van der Waals surface area contributed by atoms with E-state index in [0.717, 1.165) is 0 Å². The number of benzene rings is 2. The van der Waals surface area contributed by atoms with Crippen molar-refractivity contribution in [2.45, 2.75) is 24.8 Å². The minimum absolute atomic E-state index is 0.0881.